The third kappa shape index (κ3) is 2.67. The minimum atomic E-state index is 0.197. The van der Waals surface area contributed by atoms with Gasteiger partial charge in [0.1, 0.15) is 0 Å². The molecule has 1 atom stereocenters. The molecule has 2 rings (SSSR count). The summed E-state index contributed by atoms with van der Waals surface area (Å²) in [6, 6.07) is 2.11. The molecule has 1 aromatic heterocycles. The highest BCUT2D eigenvalue weighted by Crippen LogP contribution is 2.28. The standard InChI is InChI=1S/C13H19ClN2/c1-2-9-16-13(7-8-15-16)11-5-3-4-6-12(14)10-11/h7-8,10,12H,2-6,9H2,1H3. The summed E-state index contributed by atoms with van der Waals surface area (Å²) >= 11 is 6.26. The Morgan fingerprint density at radius 2 is 2.38 bits per heavy atom. The topological polar surface area (TPSA) is 17.8 Å². The van der Waals surface area contributed by atoms with Crippen LogP contribution in [0.2, 0.25) is 0 Å². The van der Waals surface area contributed by atoms with Crippen molar-refractivity contribution in [2.45, 2.75) is 50.9 Å². The van der Waals surface area contributed by atoms with Gasteiger partial charge in [-0.2, -0.15) is 5.10 Å². The number of allylic oxidation sites excluding steroid dienone is 2. The van der Waals surface area contributed by atoms with Crippen LogP contribution in [0.3, 0.4) is 0 Å². The number of aromatic nitrogens is 2. The second-order valence-electron chi connectivity index (χ2n) is 4.39. The first-order valence-electron chi connectivity index (χ1n) is 6.18. The highest BCUT2D eigenvalue weighted by atomic mass is 35.5. The van der Waals surface area contributed by atoms with Crippen LogP contribution >= 0.6 is 11.6 Å². The number of hydrogen-bond donors (Lipinski definition) is 0. The Bertz CT molecular complexity index is 368. The average molecular weight is 239 g/mol. The molecule has 0 N–H and O–H groups in total. The van der Waals surface area contributed by atoms with Crippen LogP contribution in [0, 0.1) is 0 Å². The van der Waals surface area contributed by atoms with E-state index in [0.29, 0.717) is 0 Å². The van der Waals surface area contributed by atoms with Gasteiger partial charge < -0.3 is 0 Å². The number of hydrogen-bond acceptors (Lipinski definition) is 1. The van der Waals surface area contributed by atoms with Gasteiger partial charge in [0, 0.05) is 12.7 Å². The maximum Gasteiger partial charge on any atom is 0.0639 e. The molecule has 0 saturated carbocycles. The summed E-state index contributed by atoms with van der Waals surface area (Å²) in [4.78, 5) is 0. The molecule has 2 nitrogen and oxygen atoms in total. The molecule has 1 unspecified atom stereocenters. The van der Waals surface area contributed by atoms with Gasteiger partial charge in [-0.05, 0) is 37.3 Å². The summed E-state index contributed by atoms with van der Waals surface area (Å²) in [6.07, 6.45) is 9.94. The number of rotatable bonds is 3. The van der Waals surface area contributed by atoms with Gasteiger partial charge in [0.15, 0.2) is 0 Å². The minimum absolute atomic E-state index is 0.197. The molecule has 0 aromatic carbocycles. The molecule has 0 saturated heterocycles. The van der Waals surface area contributed by atoms with E-state index in [0.717, 1.165) is 25.8 Å². The Kier molecular flexibility index (Phi) is 4.05. The van der Waals surface area contributed by atoms with Crippen molar-refractivity contribution in [1.29, 1.82) is 0 Å². The molecule has 16 heavy (non-hydrogen) atoms. The average Bonchev–Trinajstić information content (AvgIpc) is 2.61. The summed E-state index contributed by atoms with van der Waals surface area (Å²) in [5.41, 5.74) is 2.64. The van der Waals surface area contributed by atoms with E-state index in [1.807, 2.05) is 6.20 Å². The lowest BCUT2D eigenvalue weighted by atomic mass is 10.1. The van der Waals surface area contributed by atoms with E-state index in [1.165, 1.54) is 24.1 Å². The van der Waals surface area contributed by atoms with Gasteiger partial charge in [-0.1, -0.05) is 19.4 Å². The fourth-order valence-electron chi connectivity index (χ4n) is 2.25. The Hall–Kier alpha value is -0.760. The quantitative estimate of drug-likeness (QED) is 0.732. The highest BCUT2D eigenvalue weighted by Gasteiger charge is 2.13. The second kappa shape index (κ2) is 5.53. The molecular weight excluding hydrogens is 220 g/mol. The van der Waals surface area contributed by atoms with E-state index in [2.05, 4.69) is 28.8 Å². The Morgan fingerprint density at radius 1 is 1.50 bits per heavy atom. The lowest BCUT2D eigenvalue weighted by Gasteiger charge is -2.09. The van der Waals surface area contributed by atoms with Crippen molar-refractivity contribution >= 4 is 17.2 Å². The third-order valence-electron chi connectivity index (χ3n) is 3.04. The molecule has 0 amide bonds. The van der Waals surface area contributed by atoms with E-state index in [-0.39, 0.29) is 5.38 Å². The van der Waals surface area contributed by atoms with Gasteiger partial charge >= 0.3 is 0 Å². The lowest BCUT2D eigenvalue weighted by Crippen LogP contribution is -2.04. The zero-order valence-electron chi connectivity index (χ0n) is 9.82. The van der Waals surface area contributed by atoms with Crippen LogP contribution in [-0.2, 0) is 6.54 Å². The molecule has 0 bridgehead atoms. The second-order valence-corrected chi connectivity index (χ2v) is 4.95. The van der Waals surface area contributed by atoms with Gasteiger partial charge in [-0.3, -0.25) is 4.68 Å². The molecule has 1 heterocycles. The highest BCUT2D eigenvalue weighted by molar-refractivity contribution is 6.22. The van der Waals surface area contributed by atoms with Crippen LogP contribution in [0.4, 0.5) is 0 Å². The fraction of sp³-hybridized carbons (Fsp3) is 0.615. The van der Waals surface area contributed by atoms with E-state index in [9.17, 15) is 0 Å². The first-order valence-corrected chi connectivity index (χ1v) is 6.62. The van der Waals surface area contributed by atoms with Crippen LogP contribution in [0.15, 0.2) is 18.3 Å². The molecule has 88 valence electrons. The van der Waals surface area contributed by atoms with Crippen LogP contribution in [0.5, 0.6) is 0 Å². The Balaban J connectivity index is 2.24. The third-order valence-corrected chi connectivity index (χ3v) is 3.38. The summed E-state index contributed by atoms with van der Waals surface area (Å²) < 4.78 is 2.10. The predicted molar refractivity (Wildman–Crippen MR) is 68.6 cm³/mol. The van der Waals surface area contributed by atoms with E-state index in [1.54, 1.807) is 0 Å². The first-order chi connectivity index (χ1) is 7.81. The van der Waals surface area contributed by atoms with Crippen molar-refractivity contribution in [1.82, 2.24) is 9.78 Å². The van der Waals surface area contributed by atoms with Gasteiger partial charge in [0.05, 0.1) is 11.1 Å². The van der Waals surface area contributed by atoms with Crippen molar-refractivity contribution < 1.29 is 0 Å². The van der Waals surface area contributed by atoms with Crippen LogP contribution in [0.25, 0.3) is 5.57 Å². The minimum Gasteiger partial charge on any atom is -0.265 e. The molecule has 3 heteroatoms. The molecule has 0 fully saturated rings. The van der Waals surface area contributed by atoms with E-state index >= 15 is 0 Å². The molecule has 0 radical (unpaired) electrons. The van der Waals surface area contributed by atoms with Gasteiger partial charge in [0.25, 0.3) is 0 Å². The van der Waals surface area contributed by atoms with Crippen molar-refractivity contribution in [2.75, 3.05) is 0 Å². The van der Waals surface area contributed by atoms with Gasteiger partial charge in [0.2, 0.25) is 0 Å². The van der Waals surface area contributed by atoms with E-state index < -0.39 is 0 Å². The van der Waals surface area contributed by atoms with Crippen LogP contribution in [0.1, 0.15) is 44.7 Å². The van der Waals surface area contributed by atoms with Crippen molar-refractivity contribution in [3.63, 3.8) is 0 Å². The normalized spacial score (nSPS) is 21.6. The van der Waals surface area contributed by atoms with E-state index in [4.69, 9.17) is 11.6 Å². The van der Waals surface area contributed by atoms with Gasteiger partial charge in [-0.15, -0.1) is 11.6 Å². The molecule has 0 spiro atoms. The molecular formula is C13H19ClN2. The Morgan fingerprint density at radius 3 is 3.19 bits per heavy atom. The van der Waals surface area contributed by atoms with Crippen LogP contribution in [-0.4, -0.2) is 15.2 Å². The lowest BCUT2D eigenvalue weighted by molar-refractivity contribution is 0.594. The number of halogens is 1. The zero-order valence-corrected chi connectivity index (χ0v) is 10.6. The molecule has 1 aliphatic rings. The van der Waals surface area contributed by atoms with Gasteiger partial charge in [-0.25, -0.2) is 0 Å². The van der Waals surface area contributed by atoms with Crippen molar-refractivity contribution in [2.24, 2.45) is 0 Å². The number of aryl methyl sites for hydroxylation is 1. The number of alkyl halides is 1. The fourth-order valence-corrected chi connectivity index (χ4v) is 2.56. The number of nitrogens with zero attached hydrogens (tertiary/aromatic N) is 2. The van der Waals surface area contributed by atoms with Crippen LogP contribution < -0.4 is 0 Å². The molecule has 1 aliphatic carbocycles. The summed E-state index contributed by atoms with van der Waals surface area (Å²) in [6.45, 7) is 3.17. The maximum atomic E-state index is 6.26. The smallest absolute Gasteiger partial charge is 0.0639 e. The SMILES string of the molecule is CCCn1nccc1C1=CC(Cl)CCCC1. The Labute approximate surface area is 102 Å². The summed E-state index contributed by atoms with van der Waals surface area (Å²) in [5, 5.41) is 4.57. The largest absolute Gasteiger partial charge is 0.265 e. The first kappa shape index (κ1) is 11.7. The van der Waals surface area contributed by atoms with Crippen molar-refractivity contribution in [3.05, 3.63) is 24.0 Å². The summed E-state index contributed by atoms with van der Waals surface area (Å²) in [5.74, 6) is 0. The summed E-state index contributed by atoms with van der Waals surface area (Å²) in [7, 11) is 0. The van der Waals surface area contributed by atoms with Crippen molar-refractivity contribution in [3.8, 4) is 0 Å². The zero-order chi connectivity index (χ0) is 11.4. The maximum absolute atomic E-state index is 6.26. The predicted octanol–water partition coefficient (Wildman–Crippen LogP) is 3.86. The monoisotopic (exact) mass is 238 g/mol. The molecule has 0 aliphatic heterocycles. The molecule has 1 aromatic rings.